The number of benzene rings is 2. The molecule has 0 heterocycles. The lowest BCUT2D eigenvalue weighted by Crippen LogP contribution is -2.41. The maximum atomic E-state index is 11.0. The van der Waals surface area contributed by atoms with Crippen LogP contribution in [0.3, 0.4) is 0 Å². The Kier molecular flexibility index (Phi) is 3.73. The summed E-state index contributed by atoms with van der Waals surface area (Å²) in [5.41, 5.74) is 4.81. The maximum absolute atomic E-state index is 11.0. The first-order valence-electron chi connectivity index (χ1n) is 6.97. The standard InChI is InChI=1S/C17H17NO3/c19-10-16(17(20)21)18-9-15-13-7-3-1-5-11(13)12-6-2-4-8-14(12)15/h1-8,15-16,18-19H,9-10H2,(H,20,21). The zero-order chi connectivity index (χ0) is 14.8. The summed E-state index contributed by atoms with van der Waals surface area (Å²) >= 11 is 0. The van der Waals surface area contributed by atoms with E-state index in [4.69, 9.17) is 10.2 Å². The molecule has 0 spiro atoms. The van der Waals surface area contributed by atoms with Crippen LogP contribution < -0.4 is 5.32 Å². The zero-order valence-electron chi connectivity index (χ0n) is 11.5. The van der Waals surface area contributed by atoms with Crippen molar-refractivity contribution in [3.63, 3.8) is 0 Å². The van der Waals surface area contributed by atoms with Gasteiger partial charge in [0, 0.05) is 12.5 Å². The molecule has 0 bridgehead atoms. The molecule has 0 aromatic heterocycles. The third kappa shape index (κ3) is 2.44. The molecule has 1 aliphatic rings. The highest BCUT2D eigenvalue weighted by Crippen LogP contribution is 2.44. The lowest BCUT2D eigenvalue weighted by molar-refractivity contribution is -0.140. The topological polar surface area (TPSA) is 69.6 Å². The van der Waals surface area contributed by atoms with Crippen molar-refractivity contribution in [2.75, 3.05) is 13.2 Å². The number of carboxylic acid groups (broad SMARTS) is 1. The van der Waals surface area contributed by atoms with Gasteiger partial charge in [0.15, 0.2) is 0 Å². The Labute approximate surface area is 123 Å². The Balaban J connectivity index is 1.90. The predicted octanol–water partition coefficient (Wildman–Crippen LogP) is 1.83. The normalized spacial score (nSPS) is 14.5. The summed E-state index contributed by atoms with van der Waals surface area (Å²) in [4.78, 5) is 11.0. The molecule has 2 aromatic rings. The van der Waals surface area contributed by atoms with Crippen LogP contribution in [0.15, 0.2) is 48.5 Å². The van der Waals surface area contributed by atoms with Crippen molar-refractivity contribution in [1.82, 2.24) is 5.32 Å². The summed E-state index contributed by atoms with van der Waals surface area (Å²) in [6, 6.07) is 15.4. The van der Waals surface area contributed by atoms with Gasteiger partial charge in [-0.1, -0.05) is 48.5 Å². The number of carboxylic acids is 1. The van der Waals surface area contributed by atoms with E-state index in [1.165, 1.54) is 22.3 Å². The summed E-state index contributed by atoms with van der Waals surface area (Å²) in [5.74, 6) is -0.914. The first-order valence-corrected chi connectivity index (χ1v) is 6.97. The second-order valence-electron chi connectivity index (χ2n) is 5.21. The SMILES string of the molecule is O=C(O)C(CO)NCC1c2ccccc2-c2ccccc21. The molecule has 4 heteroatoms. The number of carbonyl (C=O) groups is 1. The van der Waals surface area contributed by atoms with Gasteiger partial charge in [0.25, 0.3) is 0 Å². The molecule has 4 nitrogen and oxygen atoms in total. The van der Waals surface area contributed by atoms with Crippen LogP contribution in [0.4, 0.5) is 0 Å². The number of fused-ring (bicyclic) bond motifs is 3. The van der Waals surface area contributed by atoms with E-state index in [2.05, 4.69) is 29.6 Å². The zero-order valence-corrected chi connectivity index (χ0v) is 11.5. The third-order valence-electron chi connectivity index (χ3n) is 4.01. The van der Waals surface area contributed by atoms with E-state index in [1.54, 1.807) is 0 Å². The molecule has 0 amide bonds. The fraction of sp³-hybridized carbons (Fsp3) is 0.235. The summed E-state index contributed by atoms with van der Waals surface area (Å²) in [7, 11) is 0. The van der Waals surface area contributed by atoms with Crippen molar-refractivity contribution in [3.05, 3.63) is 59.7 Å². The van der Waals surface area contributed by atoms with Crippen molar-refractivity contribution in [1.29, 1.82) is 0 Å². The maximum Gasteiger partial charge on any atom is 0.323 e. The highest BCUT2D eigenvalue weighted by atomic mass is 16.4. The van der Waals surface area contributed by atoms with Gasteiger partial charge in [-0.3, -0.25) is 4.79 Å². The predicted molar refractivity (Wildman–Crippen MR) is 80.2 cm³/mol. The monoisotopic (exact) mass is 283 g/mol. The minimum absolute atomic E-state index is 0.116. The van der Waals surface area contributed by atoms with E-state index in [0.29, 0.717) is 6.54 Å². The van der Waals surface area contributed by atoms with Crippen LogP contribution in [0.1, 0.15) is 17.0 Å². The van der Waals surface area contributed by atoms with Gasteiger partial charge in [-0.25, -0.2) is 0 Å². The van der Waals surface area contributed by atoms with Gasteiger partial charge in [0.1, 0.15) is 6.04 Å². The van der Waals surface area contributed by atoms with Crippen LogP contribution in [-0.2, 0) is 4.79 Å². The highest BCUT2D eigenvalue weighted by molar-refractivity contribution is 5.79. The molecule has 2 aromatic carbocycles. The smallest absolute Gasteiger partial charge is 0.323 e. The van der Waals surface area contributed by atoms with Crippen LogP contribution in [-0.4, -0.2) is 35.4 Å². The lowest BCUT2D eigenvalue weighted by atomic mass is 9.96. The summed E-state index contributed by atoms with van der Waals surface area (Å²) < 4.78 is 0. The summed E-state index contributed by atoms with van der Waals surface area (Å²) in [6.07, 6.45) is 0. The fourth-order valence-electron chi connectivity index (χ4n) is 2.97. The molecule has 21 heavy (non-hydrogen) atoms. The van der Waals surface area contributed by atoms with Crippen LogP contribution in [0.2, 0.25) is 0 Å². The number of hydrogen-bond donors (Lipinski definition) is 3. The second-order valence-corrected chi connectivity index (χ2v) is 5.21. The van der Waals surface area contributed by atoms with Gasteiger partial charge in [0.2, 0.25) is 0 Å². The summed E-state index contributed by atoms with van der Waals surface area (Å²) in [5, 5.41) is 21.1. The van der Waals surface area contributed by atoms with Crippen LogP contribution >= 0.6 is 0 Å². The Morgan fingerprint density at radius 2 is 1.57 bits per heavy atom. The first kappa shape index (κ1) is 13.8. The van der Waals surface area contributed by atoms with E-state index in [0.717, 1.165) is 0 Å². The molecule has 0 radical (unpaired) electrons. The minimum Gasteiger partial charge on any atom is -0.480 e. The van der Waals surface area contributed by atoms with E-state index < -0.39 is 18.6 Å². The number of aliphatic hydroxyl groups is 1. The van der Waals surface area contributed by atoms with Crippen molar-refractivity contribution in [2.24, 2.45) is 0 Å². The molecule has 0 saturated heterocycles. The highest BCUT2D eigenvalue weighted by Gasteiger charge is 2.28. The van der Waals surface area contributed by atoms with Crippen LogP contribution in [0.5, 0.6) is 0 Å². The second kappa shape index (κ2) is 5.68. The lowest BCUT2D eigenvalue weighted by Gasteiger charge is -2.18. The van der Waals surface area contributed by atoms with Gasteiger partial charge in [0.05, 0.1) is 6.61 Å². The molecule has 108 valence electrons. The molecular formula is C17H17NO3. The number of aliphatic hydroxyl groups excluding tert-OH is 1. The van der Waals surface area contributed by atoms with Gasteiger partial charge in [-0.2, -0.15) is 0 Å². The van der Waals surface area contributed by atoms with E-state index in [-0.39, 0.29) is 5.92 Å². The molecular weight excluding hydrogens is 266 g/mol. The van der Waals surface area contributed by atoms with Crippen molar-refractivity contribution in [3.8, 4) is 11.1 Å². The number of nitrogens with one attached hydrogen (secondary N) is 1. The molecule has 1 aliphatic carbocycles. The van der Waals surface area contributed by atoms with Crippen LogP contribution in [0, 0.1) is 0 Å². The summed E-state index contributed by atoms with van der Waals surface area (Å²) in [6.45, 7) is 0.0803. The Hall–Kier alpha value is -2.17. The number of hydrogen-bond acceptors (Lipinski definition) is 3. The number of rotatable bonds is 5. The molecule has 1 atom stereocenters. The number of aliphatic carboxylic acids is 1. The average molecular weight is 283 g/mol. The molecule has 0 fully saturated rings. The van der Waals surface area contributed by atoms with Gasteiger partial charge in [-0.05, 0) is 22.3 Å². The Morgan fingerprint density at radius 3 is 2.05 bits per heavy atom. The van der Waals surface area contributed by atoms with E-state index in [9.17, 15) is 4.79 Å². The first-order chi connectivity index (χ1) is 10.2. The van der Waals surface area contributed by atoms with Gasteiger partial charge >= 0.3 is 5.97 Å². The van der Waals surface area contributed by atoms with Crippen molar-refractivity contribution < 1.29 is 15.0 Å². The van der Waals surface area contributed by atoms with Crippen molar-refractivity contribution >= 4 is 5.97 Å². The molecule has 1 unspecified atom stereocenters. The van der Waals surface area contributed by atoms with E-state index >= 15 is 0 Å². The molecule has 0 aliphatic heterocycles. The molecule has 3 rings (SSSR count). The minimum atomic E-state index is -1.03. The Morgan fingerprint density at radius 1 is 1.05 bits per heavy atom. The quantitative estimate of drug-likeness (QED) is 0.783. The van der Waals surface area contributed by atoms with E-state index in [1.807, 2.05) is 24.3 Å². The van der Waals surface area contributed by atoms with Gasteiger partial charge in [-0.15, -0.1) is 0 Å². The van der Waals surface area contributed by atoms with Gasteiger partial charge < -0.3 is 15.5 Å². The molecule has 3 N–H and O–H groups in total. The Bertz CT molecular complexity index is 623. The molecule has 0 saturated carbocycles. The van der Waals surface area contributed by atoms with Crippen LogP contribution in [0.25, 0.3) is 11.1 Å². The average Bonchev–Trinajstić information content (AvgIpc) is 2.82. The fourth-order valence-corrected chi connectivity index (χ4v) is 2.97. The third-order valence-corrected chi connectivity index (χ3v) is 4.01. The van der Waals surface area contributed by atoms with Crippen molar-refractivity contribution in [2.45, 2.75) is 12.0 Å². The largest absolute Gasteiger partial charge is 0.480 e.